The van der Waals surface area contributed by atoms with Gasteiger partial charge in [-0.05, 0) is 61.8 Å². The van der Waals surface area contributed by atoms with Crippen LogP contribution in [0.5, 0.6) is 0 Å². The summed E-state index contributed by atoms with van der Waals surface area (Å²) >= 11 is 1.51. The lowest BCUT2D eigenvalue weighted by Gasteiger charge is -2.12. The first-order valence-electron chi connectivity index (χ1n) is 9.25. The number of thiophene rings is 1. The Hall–Kier alpha value is -2.14. The zero-order chi connectivity index (χ0) is 18.5. The van der Waals surface area contributed by atoms with Crippen LogP contribution in [-0.2, 0) is 28.8 Å². The van der Waals surface area contributed by atoms with E-state index in [0.29, 0.717) is 4.88 Å². The van der Waals surface area contributed by atoms with Gasteiger partial charge in [0.2, 0.25) is 0 Å². The molecule has 1 aliphatic rings. The minimum atomic E-state index is -0.404. The van der Waals surface area contributed by atoms with Crippen LogP contribution < -0.4 is 5.32 Å². The maximum Gasteiger partial charge on any atom is 0.348 e. The van der Waals surface area contributed by atoms with E-state index in [0.717, 1.165) is 36.1 Å². The van der Waals surface area contributed by atoms with Gasteiger partial charge in [-0.1, -0.05) is 31.5 Å². The van der Waals surface area contributed by atoms with E-state index in [-0.39, 0.29) is 12.5 Å². The molecule has 0 unspecified atom stereocenters. The number of aryl methyl sites for hydroxylation is 4. The molecule has 138 valence electrons. The third kappa shape index (κ3) is 4.33. The standard InChI is InChI=1S/C21H25NO3S/c1-3-15-10-7-8-14(2)20(15)22-19(23)13-25-21(24)18-12-16-9-5-4-6-11-17(16)26-18/h7-8,10,12H,3-6,9,11,13H2,1-2H3,(H,22,23). The molecule has 1 aromatic heterocycles. The zero-order valence-electron chi connectivity index (χ0n) is 15.4. The van der Waals surface area contributed by atoms with Crippen LogP contribution >= 0.6 is 11.3 Å². The summed E-state index contributed by atoms with van der Waals surface area (Å²) in [5, 5.41) is 2.88. The van der Waals surface area contributed by atoms with Gasteiger partial charge in [0.05, 0.1) is 0 Å². The number of para-hydroxylation sites is 1. The molecule has 0 fully saturated rings. The minimum absolute atomic E-state index is 0.265. The van der Waals surface area contributed by atoms with Crippen molar-refractivity contribution < 1.29 is 14.3 Å². The largest absolute Gasteiger partial charge is 0.451 e. The van der Waals surface area contributed by atoms with Gasteiger partial charge in [0.25, 0.3) is 5.91 Å². The molecule has 0 bridgehead atoms. The third-order valence-electron chi connectivity index (χ3n) is 4.79. The van der Waals surface area contributed by atoms with Crippen LogP contribution in [0.4, 0.5) is 5.69 Å². The van der Waals surface area contributed by atoms with Crippen LogP contribution in [0.3, 0.4) is 0 Å². The SMILES string of the molecule is CCc1cccc(C)c1NC(=O)COC(=O)c1cc2c(s1)CCCCC2. The molecule has 5 heteroatoms. The summed E-state index contributed by atoms with van der Waals surface area (Å²) in [6.45, 7) is 3.74. The number of carbonyl (C=O) groups is 2. The van der Waals surface area contributed by atoms with Crippen molar-refractivity contribution in [2.75, 3.05) is 11.9 Å². The molecule has 3 rings (SSSR count). The monoisotopic (exact) mass is 371 g/mol. The first-order valence-corrected chi connectivity index (χ1v) is 10.1. The number of carbonyl (C=O) groups excluding carboxylic acids is 2. The van der Waals surface area contributed by atoms with E-state index >= 15 is 0 Å². The van der Waals surface area contributed by atoms with Crippen molar-refractivity contribution in [2.24, 2.45) is 0 Å². The quantitative estimate of drug-likeness (QED) is 0.613. The van der Waals surface area contributed by atoms with Gasteiger partial charge in [-0.25, -0.2) is 4.79 Å². The van der Waals surface area contributed by atoms with Crippen molar-refractivity contribution in [2.45, 2.75) is 52.4 Å². The van der Waals surface area contributed by atoms with Crippen LogP contribution in [-0.4, -0.2) is 18.5 Å². The van der Waals surface area contributed by atoms with Crippen molar-refractivity contribution >= 4 is 28.9 Å². The number of amides is 1. The van der Waals surface area contributed by atoms with E-state index in [2.05, 4.69) is 5.32 Å². The average molecular weight is 372 g/mol. The molecule has 1 amide bonds. The van der Waals surface area contributed by atoms with E-state index in [4.69, 9.17) is 4.74 Å². The Kier molecular flexibility index (Phi) is 6.09. The number of benzene rings is 1. The van der Waals surface area contributed by atoms with E-state index in [1.807, 2.05) is 38.1 Å². The number of fused-ring (bicyclic) bond motifs is 1. The molecule has 0 spiro atoms. The van der Waals surface area contributed by atoms with Crippen molar-refractivity contribution in [3.8, 4) is 0 Å². The van der Waals surface area contributed by atoms with Gasteiger partial charge >= 0.3 is 5.97 Å². The number of rotatable bonds is 5. The van der Waals surface area contributed by atoms with Gasteiger partial charge in [0, 0.05) is 10.6 Å². The highest BCUT2D eigenvalue weighted by atomic mass is 32.1. The second-order valence-corrected chi connectivity index (χ2v) is 7.84. The van der Waals surface area contributed by atoms with Crippen molar-refractivity contribution in [1.82, 2.24) is 0 Å². The number of ether oxygens (including phenoxy) is 1. The van der Waals surface area contributed by atoms with Crippen LogP contribution in [0.1, 0.15) is 57.4 Å². The van der Waals surface area contributed by atoms with Crippen molar-refractivity contribution in [3.05, 3.63) is 50.7 Å². The third-order valence-corrected chi connectivity index (χ3v) is 6.00. The maximum atomic E-state index is 12.3. The highest BCUT2D eigenvalue weighted by Gasteiger charge is 2.18. The molecule has 4 nitrogen and oxygen atoms in total. The Labute approximate surface area is 158 Å². The molecule has 0 saturated heterocycles. The number of hydrogen-bond acceptors (Lipinski definition) is 4. The maximum absolute atomic E-state index is 12.3. The van der Waals surface area contributed by atoms with E-state index in [1.54, 1.807) is 0 Å². The highest BCUT2D eigenvalue weighted by molar-refractivity contribution is 7.14. The number of nitrogens with one attached hydrogen (secondary N) is 1. The number of hydrogen-bond donors (Lipinski definition) is 1. The zero-order valence-corrected chi connectivity index (χ0v) is 16.2. The molecular formula is C21H25NO3S. The van der Waals surface area contributed by atoms with Crippen LogP contribution in [0.25, 0.3) is 0 Å². The molecule has 1 heterocycles. The average Bonchev–Trinajstić information content (AvgIpc) is 2.92. The second-order valence-electron chi connectivity index (χ2n) is 6.71. The van der Waals surface area contributed by atoms with Crippen LogP contribution in [0, 0.1) is 6.92 Å². The molecule has 0 atom stereocenters. The Morgan fingerprint density at radius 3 is 2.81 bits per heavy atom. The molecular weight excluding hydrogens is 346 g/mol. The molecule has 0 saturated carbocycles. The lowest BCUT2D eigenvalue weighted by atomic mass is 10.1. The molecule has 0 aliphatic heterocycles. The predicted molar refractivity (Wildman–Crippen MR) is 105 cm³/mol. The highest BCUT2D eigenvalue weighted by Crippen LogP contribution is 2.29. The molecule has 1 aliphatic carbocycles. The second kappa shape index (κ2) is 8.49. The van der Waals surface area contributed by atoms with Crippen LogP contribution in [0.15, 0.2) is 24.3 Å². The fourth-order valence-corrected chi connectivity index (χ4v) is 4.50. The number of esters is 1. The molecule has 26 heavy (non-hydrogen) atoms. The topological polar surface area (TPSA) is 55.4 Å². The van der Waals surface area contributed by atoms with Gasteiger partial charge < -0.3 is 10.1 Å². The first-order chi connectivity index (χ1) is 12.6. The Morgan fingerprint density at radius 1 is 1.19 bits per heavy atom. The van der Waals surface area contributed by atoms with E-state index in [9.17, 15) is 9.59 Å². The van der Waals surface area contributed by atoms with E-state index in [1.165, 1.54) is 41.0 Å². The summed E-state index contributed by atoms with van der Waals surface area (Å²) in [5.74, 6) is -0.709. The summed E-state index contributed by atoms with van der Waals surface area (Å²) in [7, 11) is 0. The smallest absolute Gasteiger partial charge is 0.348 e. The minimum Gasteiger partial charge on any atom is -0.451 e. The summed E-state index contributed by atoms with van der Waals surface area (Å²) in [5.41, 5.74) is 4.17. The first kappa shape index (κ1) is 18.6. The molecule has 1 N–H and O–H groups in total. The fraction of sp³-hybridized carbons (Fsp3) is 0.429. The Bertz CT molecular complexity index is 786. The molecule has 2 aromatic rings. The van der Waals surface area contributed by atoms with Gasteiger partial charge in [0.1, 0.15) is 4.88 Å². The summed E-state index contributed by atoms with van der Waals surface area (Å²) in [4.78, 5) is 26.4. The molecule has 0 radical (unpaired) electrons. The van der Waals surface area contributed by atoms with Gasteiger partial charge in [-0.2, -0.15) is 0 Å². The summed E-state index contributed by atoms with van der Waals surface area (Å²) in [6, 6.07) is 7.87. The van der Waals surface area contributed by atoms with Crippen molar-refractivity contribution in [3.63, 3.8) is 0 Å². The van der Waals surface area contributed by atoms with E-state index < -0.39 is 5.97 Å². The predicted octanol–water partition coefficient (Wildman–Crippen LogP) is 4.68. The van der Waals surface area contributed by atoms with Gasteiger partial charge in [-0.15, -0.1) is 11.3 Å². The lowest BCUT2D eigenvalue weighted by molar-refractivity contribution is -0.119. The lowest BCUT2D eigenvalue weighted by Crippen LogP contribution is -2.21. The molecule has 1 aromatic carbocycles. The fourth-order valence-electron chi connectivity index (χ4n) is 3.35. The number of anilines is 1. The van der Waals surface area contributed by atoms with Crippen LogP contribution in [0.2, 0.25) is 0 Å². The Morgan fingerprint density at radius 2 is 2.00 bits per heavy atom. The van der Waals surface area contributed by atoms with Gasteiger partial charge in [0.15, 0.2) is 6.61 Å². The van der Waals surface area contributed by atoms with Crippen molar-refractivity contribution in [1.29, 1.82) is 0 Å². The normalized spacial score (nSPS) is 13.6. The van der Waals surface area contributed by atoms with Gasteiger partial charge in [-0.3, -0.25) is 4.79 Å². The summed E-state index contributed by atoms with van der Waals surface area (Å²) in [6.07, 6.45) is 6.52. The summed E-state index contributed by atoms with van der Waals surface area (Å²) < 4.78 is 5.24. The Balaban J connectivity index is 1.59.